The Kier molecular flexibility index (Phi) is 6.19. The van der Waals surface area contributed by atoms with Crippen LogP contribution in [0, 0.1) is 5.92 Å². The molecule has 0 aliphatic carbocycles. The summed E-state index contributed by atoms with van der Waals surface area (Å²) >= 11 is 0. The maximum Gasteiger partial charge on any atom is 0.267 e. The van der Waals surface area contributed by atoms with Crippen LogP contribution in [0.4, 0.5) is 11.4 Å². The van der Waals surface area contributed by atoms with E-state index in [4.69, 9.17) is 9.47 Å². The Hall–Kier alpha value is -3.02. The SMILES string of the molecule is CC(C)CC(=O)Nc1ccc2c(c1)N(CCOc1ccccc1)C(=O)C(C)O2. The fraction of sp³-hybridized carbons (Fsp3) is 0.364. The van der Waals surface area contributed by atoms with Crippen molar-refractivity contribution >= 4 is 23.2 Å². The van der Waals surface area contributed by atoms with Crippen LogP contribution in [-0.2, 0) is 9.59 Å². The molecule has 6 heteroatoms. The van der Waals surface area contributed by atoms with E-state index in [0.717, 1.165) is 5.75 Å². The molecule has 0 saturated heterocycles. The molecular weight excluding hydrogens is 356 g/mol. The minimum atomic E-state index is -0.564. The molecule has 0 radical (unpaired) electrons. The Morgan fingerprint density at radius 2 is 1.96 bits per heavy atom. The first-order valence-electron chi connectivity index (χ1n) is 9.54. The minimum absolute atomic E-state index is 0.0506. The van der Waals surface area contributed by atoms with Gasteiger partial charge in [0.1, 0.15) is 18.1 Å². The second-order valence-electron chi connectivity index (χ2n) is 7.24. The van der Waals surface area contributed by atoms with Crippen LogP contribution in [0.2, 0.25) is 0 Å². The van der Waals surface area contributed by atoms with Crippen LogP contribution in [0.25, 0.3) is 0 Å². The Labute approximate surface area is 165 Å². The zero-order valence-corrected chi connectivity index (χ0v) is 16.5. The van der Waals surface area contributed by atoms with Crippen molar-refractivity contribution in [2.45, 2.75) is 33.3 Å². The van der Waals surface area contributed by atoms with E-state index in [1.165, 1.54) is 0 Å². The van der Waals surface area contributed by atoms with Crippen LogP contribution < -0.4 is 19.7 Å². The number of amides is 2. The molecule has 0 bridgehead atoms. The van der Waals surface area contributed by atoms with Gasteiger partial charge < -0.3 is 19.7 Å². The number of benzene rings is 2. The lowest BCUT2D eigenvalue weighted by molar-refractivity contribution is -0.125. The van der Waals surface area contributed by atoms with E-state index in [2.05, 4.69) is 5.32 Å². The van der Waals surface area contributed by atoms with Crippen LogP contribution >= 0.6 is 0 Å². The van der Waals surface area contributed by atoms with E-state index in [0.29, 0.717) is 36.7 Å². The smallest absolute Gasteiger partial charge is 0.267 e. The molecule has 148 valence electrons. The molecule has 2 aromatic rings. The van der Waals surface area contributed by atoms with Crippen molar-refractivity contribution in [2.24, 2.45) is 5.92 Å². The molecule has 1 atom stereocenters. The summed E-state index contributed by atoms with van der Waals surface area (Å²) in [6.07, 6.45) is -0.122. The van der Waals surface area contributed by atoms with Gasteiger partial charge in [-0.05, 0) is 43.2 Å². The van der Waals surface area contributed by atoms with Crippen LogP contribution in [0.15, 0.2) is 48.5 Å². The number of hydrogen-bond donors (Lipinski definition) is 1. The van der Waals surface area contributed by atoms with E-state index >= 15 is 0 Å². The summed E-state index contributed by atoms with van der Waals surface area (Å²) in [5.41, 5.74) is 1.28. The van der Waals surface area contributed by atoms with Crippen LogP contribution in [0.5, 0.6) is 11.5 Å². The van der Waals surface area contributed by atoms with Gasteiger partial charge in [0, 0.05) is 12.1 Å². The van der Waals surface area contributed by atoms with Crippen LogP contribution in [-0.4, -0.2) is 31.1 Å². The Balaban J connectivity index is 1.74. The standard InChI is InChI=1S/C22H26N2O4/c1-15(2)13-21(25)23-17-9-10-20-19(14-17)24(22(26)16(3)28-20)11-12-27-18-7-5-4-6-8-18/h4-10,14-16H,11-13H2,1-3H3,(H,23,25). The van der Waals surface area contributed by atoms with E-state index < -0.39 is 6.10 Å². The average Bonchev–Trinajstić information content (AvgIpc) is 2.65. The molecule has 3 rings (SSSR count). The maximum atomic E-state index is 12.7. The van der Waals surface area contributed by atoms with Gasteiger partial charge in [-0.2, -0.15) is 0 Å². The van der Waals surface area contributed by atoms with Gasteiger partial charge in [-0.25, -0.2) is 0 Å². The monoisotopic (exact) mass is 382 g/mol. The second kappa shape index (κ2) is 8.78. The number of carbonyl (C=O) groups is 2. The number of nitrogens with one attached hydrogen (secondary N) is 1. The molecule has 1 heterocycles. The molecule has 1 aliphatic heterocycles. The third-order valence-electron chi connectivity index (χ3n) is 4.37. The minimum Gasteiger partial charge on any atom is -0.492 e. The highest BCUT2D eigenvalue weighted by molar-refractivity contribution is 6.01. The van der Waals surface area contributed by atoms with E-state index in [-0.39, 0.29) is 17.7 Å². The van der Waals surface area contributed by atoms with Crippen LogP contribution in [0.1, 0.15) is 27.2 Å². The predicted octanol–water partition coefficient (Wildman–Crippen LogP) is 3.86. The summed E-state index contributed by atoms with van der Waals surface area (Å²) in [7, 11) is 0. The molecule has 1 unspecified atom stereocenters. The number of ether oxygens (including phenoxy) is 2. The molecule has 2 aromatic carbocycles. The number of anilines is 2. The summed E-state index contributed by atoms with van der Waals surface area (Å²) in [6, 6.07) is 14.8. The lowest BCUT2D eigenvalue weighted by atomic mass is 10.1. The molecule has 0 spiro atoms. The topological polar surface area (TPSA) is 67.9 Å². The summed E-state index contributed by atoms with van der Waals surface area (Å²) in [6.45, 7) is 6.46. The number of carbonyl (C=O) groups excluding carboxylic acids is 2. The fourth-order valence-corrected chi connectivity index (χ4v) is 3.07. The average molecular weight is 382 g/mol. The highest BCUT2D eigenvalue weighted by Gasteiger charge is 2.31. The zero-order chi connectivity index (χ0) is 20.1. The Bertz CT molecular complexity index is 836. The summed E-state index contributed by atoms with van der Waals surface area (Å²) in [5.74, 6) is 1.47. The van der Waals surface area contributed by atoms with Crippen LogP contribution in [0.3, 0.4) is 0 Å². The highest BCUT2D eigenvalue weighted by atomic mass is 16.5. The van der Waals surface area contributed by atoms with Gasteiger partial charge in [0.15, 0.2) is 6.10 Å². The van der Waals surface area contributed by atoms with Gasteiger partial charge >= 0.3 is 0 Å². The highest BCUT2D eigenvalue weighted by Crippen LogP contribution is 2.36. The number of rotatable bonds is 7. The molecule has 2 amide bonds. The first-order chi connectivity index (χ1) is 13.4. The van der Waals surface area contributed by atoms with E-state index in [1.54, 1.807) is 30.0 Å². The van der Waals surface area contributed by atoms with Crippen molar-refractivity contribution in [2.75, 3.05) is 23.4 Å². The largest absolute Gasteiger partial charge is 0.492 e. The van der Waals surface area contributed by atoms with Crippen molar-refractivity contribution in [3.05, 3.63) is 48.5 Å². The molecule has 0 fully saturated rings. The molecular formula is C22H26N2O4. The van der Waals surface area contributed by atoms with E-state index in [9.17, 15) is 9.59 Å². The van der Waals surface area contributed by atoms with Gasteiger partial charge in [0.25, 0.3) is 5.91 Å². The third-order valence-corrected chi connectivity index (χ3v) is 4.37. The lowest BCUT2D eigenvalue weighted by Crippen LogP contribution is -2.46. The van der Waals surface area contributed by atoms with Gasteiger partial charge in [-0.1, -0.05) is 32.0 Å². The molecule has 0 saturated carbocycles. The first kappa shape index (κ1) is 19.7. The number of hydrogen-bond acceptors (Lipinski definition) is 4. The number of para-hydroxylation sites is 1. The third kappa shape index (κ3) is 4.82. The van der Waals surface area contributed by atoms with Gasteiger partial charge in [0.05, 0.1) is 12.2 Å². The Morgan fingerprint density at radius 1 is 1.21 bits per heavy atom. The zero-order valence-electron chi connectivity index (χ0n) is 16.5. The summed E-state index contributed by atoms with van der Waals surface area (Å²) in [4.78, 5) is 26.4. The number of fused-ring (bicyclic) bond motifs is 1. The first-order valence-corrected chi connectivity index (χ1v) is 9.54. The Morgan fingerprint density at radius 3 is 2.68 bits per heavy atom. The molecule has 1 aliphatic rings. The second-order valence-corrected chi connectivity index (χ2v) is 7.24. The van der Waals surface area contributed by atoms with E-state index in [1.807, 2.05) is 44.2 Å². The number of nitrogens with zero attached hydrogens (tertiary/aromatic N) is 1. The van der Waals surface area contributed by atoms with Crippen molar-refractivity contribution in [3.63, 3.8) is 0 Å². The van der Waals surface area contributed by atoms with Crippen molar-refractivity contribution in [3.8, 4) is 11.5 Å². The van der Waals surface area contributed by atoms with Gasteiger partial charge in [-0.15, -0.1) is 0 Å². The predicted molar refractivity (Wildman–Crippen MR) is 109 cm³/mol. The fourth-order valence-electron chi connectivity index (χ4n) is 3.07. The molecule has 0 aromatic heterocycles. The quantitative estimate of drug-likeness (QED) is 0.789. The normalized spacial score (nSPS) is 15.8. The summed E-state index contributed by atoms with van der Waals surface area (Å²) in [5, 5.41) is 2.89. The van der Waals surface area contributed by atoms with Gasteiger partial charge in [0.2, 0.25) is 5.91 Å². The maximum absolute atomic E-state index is 12.7. The molecule has 1 N–H and O–H groups in total. The van der Waals surface area contributed by atoms with Crippen molar-refractivity contribution < 1.29 is 19.1 Å². The summed E-state index contributed by atoms with van der Waals surface area (Å²) < 4.78 is 11.5. The lowest BCUT2D eigenvalue weighted by Gasteiger charge is -2.33. The van der Waals surface area contributed by atoms with Crippen molar-refractivity contribution in [1.29, 1.82) is 0 Å². The molecule has 6 nitrogen and oxygen atoms in total. The van der Waals surface area contributed by atoms with Crippen molar-refractivity contribution in [1.82, 2.24) is 0 Å². The molecule has 28 heavy (non-hydrogen) atoms. The van der Waals surface area contributed by atoms with Gasteiger partial charge in [-0.3, -0.25) is 9.59 Å².